The first-order valence-electron chi connectivity index (χ1n) is 5.95. The van der Waals surface area contributed by atoms with E-state index in [1.54, 1.807) is 19.9 Å². The number of aromatic nitrogens is 2. The number of aliphatic carboxylic acids is 1. The zero-order valence-electron chi connectivity index (χ0n) is 10.8. The van der Waals surface area contributed by atoms with Gasteiger partial charge in [-0.3, -0.25) is 0 Å². The van der Waals surface area contributed by atoms with Crippen LogP contribution in [0.3, 0.4) is 0 Å². The molecule has 6 nitrogen and oxygen atoms in total. The molecule has 0 aliphatic carbocycles. The molecule has 1 aromatic heterocycles. The lowest BCUT2D eigenvalue weighted by Crippen LogP contribution is -2.46. The second-order valence-electron chi connectivity index (χ2n) is 4.50. The van der Waals surface area contributed by atoms with E-state index >= 15 is 0 Å². The molecule has 0 aliphatic rings. The van der Waals surface area contributed by atoms with Crippen molar-refractivity contribution in [3.05, 3.63) is 23.3 Å². The predicted molar refractivity (Wildman–Crippen MR) is 67.9 cm³/mol. The summed E-state index contributed by atoms with van der Waals surface area (Å²) in [5, 5.41) is 9.33. The Labute approximate surface area is 106 Å². The van der Waals surface area contributed by atoms with Gasteiger partial charge in [0.05, 0.1) is 0 Å². The maximum absolute atomic E-state index is 11.4. The van der Waals surface area contributed by atoms with Crippen LogP contribution in [0.4, 0.5) is 0 Å². The number of nitrogens with zero attached hydrogens (tertiary/aromatic N) is 2. The molecule has 0 amide bonds. The molecule has 1 unspecified atom stereocenters. The average molecular weight is 252 g/mol. The number of unbranched alkanes of at least 4 members (excludes halogenated alkanes) is 1. The summed E-state index contributed by atoms with van der Waals surface area (Å²) in [5.41, 5.74) is 11.3. The molecule has 0 spiro atoms. The van der Waals surface area contributed by atoms with Crippen LogP contribution in [-0.2, 0) is 10.3 Å². The number of rotatable bonds is 6. The standard InChI is InChI=1S/C12H20N4O2/c1-8-7-9(2)16-10(15-8)12(14,11(17)18)5-3-4-6-13/h7H,3-6,13-14H2,1-2H3,(H,17,18). The van der Waals surface area contributed by atoms with Crippen molar-refractivity contribution in [2.45, 2.75) is 38.6 Å². The molecule has 5 N–H and O–H groups in total. The highest BCUT2D eigenvalue weighted by Gasteiger charge is 2.38. The van der Waals surface area contributed by atoms with E-state index in [1.807, 2.05) is 0 Å². The lowest BCUT2D eigenvalue weighted by molar-refractivity contribution is -0.144. The average Bonchev–Trinajstić information content (AvgIpc) is 2.27. The summed E-state index contributed by atoms with van der Waals surface area (Å²) in [5.74, 6) is -0.936. The fourth-order valence-corrected chi connectivity index (χ4v) is 1.79. The van der Waals surface area contributed by atoms with Gasteiger partial charge in [-0.05, 0) is 45.7 Å². The van der Waals surface area contributed by atoms with Gasteiger partial charge >= 0.3 is 5.97 Å². The van der Waals surface area contributed by atoms with Gasteiger partial charge in [-0.25, -0.2) is 14.8 Å². The second-order valence-corrected chi connectivity index (χ2v) is 4.50. The molecule has 1 aromatic rings. The molecular formula is C12H20N4O2. The highest BCUT2D eigenvalue weighted by atomic mass is 16.4. The van der Waals surface area contributed by atoms with E-state index < -0.39 is 11.5 Å². The second kappa shape index (κ2) is 5.88. The minimum absolute atomic E-state index is 0.171. The third-order valence-electron chi connectivity index (χ3n) is 2.79. The number of hydrogen-bond acceptors (Lipinski definition) is 5. The van der Waals surface area contributed by atoms with Crippen molar-refractivity contribution in [1.29, 1.82) is 0 Å². The van der Waals surface area contributed by atoms with Gasteiger partial charge in [0.1, 0.15) is 0 Å². The maximum Gasteiger partial charge on any atom is 0.331 e. The van der Waals surface area contributed by atoms with Crippen LogP contribution in [-0.4, -0.2) is 27.6 Å². The Hall–Kier alpha value is -1.53. The Kier molecular flexibility index (Phi) is 4.75. The van der Waals surface area contributed by atoms with E-state index in [0.717, 1.165) is 6.42 Å². The summed E-state index contributed by atoms with van der Waals surface area (Å²) < 4.78 is 0. The van der Waals surface area contributed by atoms with Gasteiger partial charge in [0, 0.05) is 11.4 Å². The molecule has 18 heavy (non-hydrogen) atoms. The van der Waals surface area contributed by atoms with Crippen molar-refractivity contribution in [2.24, 2.45) is 11.5 Å². The third kappa shape index (κ3) is 3.24. The van der Waals surface area contributed by atoms with Crippen molar-refractivity contribution in [3.8, 4) is 0 Å². The number of carbonyl (C=O) groups is 1. The molecule has 100 valence electrons. The quantitative estimate of drug-likeness (QED) is 0.633. The first-order valence-corrected chi connectivity index (χ1v) is 5.95. The van der Waals surface area contributed by atoms with E-state index in [4.69, 9.17) is 11.5 Å². The lowest BCUT2D eigenvalue weighted by Gasteiger charge is -2.23. The Bertz CT molecular complexity index is 416. The Balaban J connectivity index is 3.06. The zero-order valence-corrected chi connectivity index (χ0v) is 10.8. The first kappa shape index (κ1) is 14.5. The summed E-state index contributed by atoms with van der Waals surface area (Å²) in [6.07, 6.45) is 1.65. The maximum atomic E-state index is 11.4. The van der Waals surface area contributed by atoms with Crippen LogP contribution in [0.15, 0.2) is 6.07 Å². The fraction of sp³-hybridized carbons (Fsp3) is 0.583. The number of nitrogens with two attached hydrogens (primary N) is 2. The topological polar surface area (TPSA) is 115 Å². The molecular weight excluding hydrogens is 232 g/mol. The summed E-state index contributed by atoms with van der Waals surface area (Å²) in [4.78, 5) is 19.7. The van der Waals surface area contributed by atoms with Crippen LogP contribution in [0, 0.1) is 13.8 Å². The minimum Gasteiger partial charge on any atom is -0.480 e. The van der Waals surface area contributed by atoms with Gasteiger partial charge in [-0.2, -0.15) is 0 Å². The molecule has 0 saturated carbocycles. The Morgan fingerprint density at radius 2 is 1.89 bits per heavy atom. The van der Waals surface area contributed by atoms with Gasteiger partial charge < -0.3 is 16.6 Å². The van der Waals surface area contributed by atoms with Crippen LogP contribution >= 0.6 is 0 Å². The van der Waals surface area contributed by atoms with Gasteiger partial charge in [0.15, 0.2) is 11.4 Å². The first-order chi connectivity index (χ1) is 8.40. The van der Waals surface area contributed by atoms with Crippen molar-refractivity contribution < 1.29 is 9.90 Å². The van der Waals surface area contributed by atoms with Gasteiger partial charge in [0.2, 0.25) is 0 Å². The van der Waals surface area contributed by atoms with Crippen LogP contribution < -0.4 is 11.5 Å². The normalized spacial score (nSPS) is 14.2. The van der Waals surface area contributed by atoms with E-state index in [-0.39, 0.29) is 12.2 Å². The molecule has 1 atom stereocenters. The largest absolute Gasteiger partial charge is 0.480 e. The lowest BCUT2D eigenvalue weighted by atomic mass is 9.92. The third-order valence-corrected chi connectivity index (χ3v) is 2.79. The number of carboxylic acid groups (broad SMARTS) is 1. The molecule has 1 heterocycles. The molecule has 0 radical (unpaired) electrons. The van der Waals surface area contributed by atoms with Crippen LogP contribution in [0.25, 0.3) is 0 Å². The van der Waals surface area contributed by atoms with Crippen molar-refractivity contribution in [3.63, 3.8) is 0 Å². The summed E-state index contributed by atoms with van der Waals surface area (Å²) in [7, 11) is 0. The summed E-state index contributed by atoms with van der Waals surface area (Å²) in [6, 6.07) is 1.78. The summed E-state index contributed by atoms with van der Waals surface area (Å²) in [6.45, 7) is 4.10. The smallest absolute Gasteiger partial charge is 0.331 e. The SMILES string of the molecule is Cc1cc(C)nc(C(N)(CCCCN)C(=O)O)n1. The van der Waals surface area contributed by atoms with Gasteiger partial charge in [-0.15, -0.1) is 0 Å². The zero-order chi connectivity index (χ0) is 13.8. The van der Waals surface area contributed by atoms with Crippen LogP contribution in [0.2, 0.25) is 0 Å². The molecule has 0 saturated heterocycles. The molecule has 0 aromatic carbocycles. The van der Waals surface area contributed by atoms with Gasteiger partial charge in [-0.1, -0.05) is 0 Å². The Morgan fingerprint density at radius 1 is 1.33 bits per heavy atom. The predicted octanol–water partition coefficient (Wildman–Crippen LogP) is 0.461. The van der Waals surface area contributed by atoms with E-state index in [2.05, 4.69) is 9.97 Å². The van der Waals surface area contributed by atoms with Crippen molar-refractivity contribution in [1.82, 2.24) is 9.97 Å². The number of carboxylic acids is 1. The van der Waals surface area contributed by atoms with E-state index in [0.29, 0.717) is 24.4 Å². The Morgan fingerprint density at radius 3 is 2.33 bits per heavy atom. The van der Waals surface area contributed by atoms with Crippen molar-refractivity contribution in [2.75, 3.05) is 6.54 Å². The molecule has 0 aliphatic heterocycles. The highest BCUT2D eigenvalue weighted by molar-refractivity contribution is 5.79. The molecule has 0 fully saturated rings. The minimum atomic E-state index is -1.54. The molecule has 0 bridgehead atoms. The number of hydrogen-bond donors (Lipinski definition) is 3. The van der Waals surface area contributed by atoms with Gasteiger partial charge in [0.25, 0.3) is 0 Å². The molecule has 1 rings (SSSR count). The van der Waals surface area contributed by atoms with Crippen LogP contribution in [0.5, 0.6) is 0 Å². The number of aryl methyl sites for hydroxylation is 2. The fourth-order valence-electron chi connectivity index (χ4n) is 1.79. The summed E-state index contributed by atoms with van der Waals surface area (Å²) >= 11 is 0. The van der Waals surface area contributed by atoms with Crippen molar-refractivity contribution >= 4 is 5.97 Å². The monoisotopic (exact) mass is 252 g/mol. The van der Waals surface area contributed by atoms with Crippen LogP contribution in [0.1, 0.15) is 36.5 Å². The molecule has 6 heteroatoms. The van der Waals surface area contributed by atoms with E-state index in [9.17, 15) is 9.90 Å². The highest BCUT2D eigenvalue weighted by Crippen LogP contribution is 2.22. The van der Waals surface area contributed by atoms with E-state index in [1.165, 1.54) is 0 Å².